The van der Waals surface area contributed by atoms with Crippen LogP contribution in [0.15, 0.2) is 83.4 Å². The van der Waals surface area contributed by atoms with E-state index < -0.39 is 17.8 Å². The highest BCUT2D eigenvalue weighted by molar-refractivity contribution is 8.00. The van der Waals surface area contributed by atoms with Crippen LogP contribution < -0.4 is 25.4 Å². The lowest BCUT2D eigenvalue weighted by Gasteiger charge is -2.13. The van der Waals surface area contributed by atoms with Crippen molar-refractivity contribution in [2.45, 2.75) is 37.0 Å². The van der Waals surface area contributed by atoms with Crippen LogP contribution >= 0.6 is 23.1 Å². The molecule has 0 bridgehead atoms. The molecule has 5 rings (SSSR count). The van der Waals surface area contributed by atoms with Crippen molar-refractivity contribution in [1.29, 1.82) is 0 Å². The van der Waals surface area contributed by atoms with Crippen molar-refractivity contribution in [3.8, 4) is 11.5 Å². The molecule has 1 heterocycles. The average molecular weight is 700 g/mol. The number of amides is 3. The molecule has 0 radical (unpaired) electrons. The minimum absolute atomic E-state index is 0.00858. The largest absolute Gasteiger partial charge is 0.493 e. The van der Waals surface area contributed by atoms with Gasteiger partial charge >= 0.3 is 5.97 Å². The Bertz CT molecular complexity index is 1870. The van der Waals surface area contributed by atoms with Crippen molar-refractivity contribution in [2.24, 2.45) is 0 Å². The summed E-state index contributed by atoms with van der Waals surface area (Å²) in [6, 6.07) is 20.8. The molecule has 3 aromatic carbocycles. The summed E-state index contributed by atoms with van der Waals surface area (Å²) in [6.07, 6.45) is 6.38. The molecule has 254 valence electrons. The van der Waals surface area contributed by atoms with Gasteiger partial charge in [0.2, 0.25) is 5.91 Å². The summed E-state index contributed by atoms with van der Waals surface area (Å²) in [5, 5.41) is 9.04. The third kappa shape index (κ3) is 9.09. The first-order chi connectivity index (χ1) is 23.8. The number of hydrogen-bond acceptors (Lipinski definition) is 9. The molecule has 10 nitrogen and oxygen atoms in total. The smallest absolute Gasteiger partial charge is 0.341 e. The molecule has 0 aliphatic heterocycles. The van der Waals surface area contributed by atoms with Gasteiger partial charge in [-0.05, 0) is 85.4 Å². The molecule has 0 spiro atoms. The number of thiophene rings is 1. The summed E-state index contributed by atoms with van der Waals surface area (Å²) in [4.78, 5) is 54.2. The first-order valence-electron chi connectivity index (χ1n) is 15.7. The summed E-state index contributed by atoms with van der Waals surface area (Å²) < 4.78 is 15.8. The lowest BCUT2D eigenvalue weighted by atomic mass is 10.1. The topological polar surface area (TPSA) is 132 Å². The van der Waals surface area contributed by atoms with Crippen molar-refractivity contribution in [2.75, 3.05) is 37.7 Å². The van der Waals surface area contributed by atoms with Gasteiger partial charge in [-0.1, -0.05) is 36.8 Å². The van der Waals surface area contributed by atoms with Crippen LogP contribution in [0.1, 0.15) is 56.0 Å². The van der Waals surface area contributed by atoms with Crippen LogP contribution in [0.3, 0.4) is 0 Å². The van der Waals surface area contributed by atoms with Gasteiger partial charge in [-0.3, -0.25) is 14.4 Å². The van der Waals surface area contributed by atoms with Gasteiger partial charge in [-0.15, -0.1) is 23.1 Å². The van der Waals surface area contributed by atoms with Gasteiger partial charge in [0, 0.05) is 21.0 Å². The van der Waals surface area contributed by atoms with Crippen LogP contribution in [-0.2, 0) is 27.2 Å². The Hall–Kier alpha value is -5.07. The van der Waals surface area contributed by atoms with Gasteiger partial charge in [0.1, 0.15) is 10.7 Å². The van der Waals surface area contributed by atoms with Crippen LogP contribution in [0.2, 0.25) is 0 Å². The quantitative estimate of drug-likeness (QED) is 0.0626. The Balaban J connectivity index is 1.29. The maximum absolute atomic E-state index is 13.6. The van der Waals surface area contributed by atoms with Crippen LogP contribution in [0, 0.1) is 0 Å². The van der Waals surface area contributed by atoms with Gasteiger partial charge < -0.3 is 30.2 Å². The Morgan fingerprint density at radius 2 is 1.61 bits per heavy atom. The molecule has 0 atom stereocenters. The number of ether oxygens (including phenoxy) is 3. The lowest BCUT2D eigenvalue weighted by molar-refractivity contribution is -0.114. The van der Waals surface area contributed by atoms with Gasteiger partial charge in [0.15, 0.2) is 11.5 Å². The predicted molar refractivity (Wildman–Crippen MR) is 193 cm³/mol. The molecular formula is C37H37N3O7S2. The molecule has 1 aliphatic carbocycles. The van der Waals surface area contributed by atoms with Crippen molar-refractivity contribution < 1.29 is 33.4 Å². The van der Waals surface area contributed by atoms with Crippen LogP contribution in [0.5, 0.6) is 11.5 Å². The summed E-state index contributed by atoms with van der Waals surface area (Å²) in [6.45, 7) is 0. The summed E-state index contributed by atoms with van der Waals surface area (Å²) in [5.41, 5.74) is 2.92. The van der Waals surface area contributed by atoms with E-state index in [1.165, 1.54) is 44.4 Å². The summed E-state index contributed by atoms with van der Waals surface area (Å²) in [7, 11) is 4.39. The number of carbonyl (C=O) groups is 4. The zero-order valence-corrected chi connectivity index (χ0v) is 29.1. The fraction of sp³-hybridized carbons (Fsp3) is 0.243. The van der Waals surface area contributed by atoms with E-state index >= 15 is 0 Å². The van der Waals surface area contributed by atoms with E-state index in [2.05, 4.69) is 16.0 Å². The van der Waals surface area contributed by atoms with Crippen molar-refractivity contribution in [1.82, 2.24) is 5.32 Å². The molecule has 49 heavy (non-hydrogen) atoms. The molecule has 0 saturated heterocycles. The highest BCUT2D eigenvalue weighted by Gasteiger charge is 2.26. The van der Waals surface area contributed by atoms with E-state index in [0.29, 0.717) is 38.9 Å². The van der Waals surface area contributed by atoms with Crippen LogP contribution in [0.25, 0.3) is 6.08 Å². The van der Waals surface area contributed by atoms with Crippen molar-refractivity contribution in [3.05, 3.63) is 106 Å². The van der Waals surface area contributed by atoms with E-state index in [1.807, 2.05) is 6.07 Å². The van der Waals surface area contributed by atoms with E-state index in [9.17, 15) is 19.2 Å². The van der Waals surface area contributed by atoms with E-state index in [4.69, 9.17) is 14.2 Å². The Labute approximate surface area is 293 Å². The standard InChI is InChI=1S/C37H37N3O7S2/c1-45-29-18-17-23(20-30(29)46-2)19-28(39-34(42)24-11-6-4-7-12-24)35(43)38-25-13-10-14-26(21-25)48-22-32(41)40-36-33(37(44)47-3)27-15-8-5-9-16-31(27)49-36/h4,6-7,10-14,17-21H,5,8-9,15-16,22H2,1-3H3,(H,38,43)(H,39,42)(H,40,41)/b28-19+. The van der Waals surface area contributed by atoms with Crippen molar-refractivity contribution in [3.63, 3.8) is 0 Å². The van der Waals surface area contributed by atoms with Gasteiger partial charge in [0.05, 0.1) is 32.6 Å². The maximum Gasteiger partial charge on any atom is 0.341 e. The zero-order valence-electron chi connectivity index (χ0n) is 27.4. The Morgan fingerprint density at radius 3 is 2.37 bits per heavy atom. The molecule has 0 fully saturated rings. The molecule has 12 heteroatoms. The number of methoxy groups -OCH3 is 3. The third-order valence-electron chi connectivity index (χ3n) is 7.77. The third-order valence-corrected chi connectivity index (χ3v) is 9.97. The number of nitrogens with one attached hydrogen (secondary N) is 3. The second-order valence-electron chi connectivity index (χ2n) is 11.1. The lowest BCUT2D eigenvalue weighted by Crippen LogP contribution is -2.30. The number of anilines is 2. The van der Waals surface area contributed by atoms with Crippen LogP contribution in [0.4, 0.5) is 10.7 Å². The van der Waals surface area contributed by atoms with Gasteiger partial charge in [-0.2, -0.15) is 0 Å². The van der Waals surface area contributed by atoms with Gasteiger partial charge in [-0.25, -0.2) is 4.79 Å². The number of hydrogen-bond donors (Lipinski definition) is 3. The molecule has 0 unspecified atom stereocenters. The highest BCUT2D eigenvalue weighted by atomic mass is 32.2. The van der Waals surface area contributed by atoms with Crippen LogP contribution in [-0.4, -0.2) is 50.8 Å². The normalized spacial score (nSPS) is 12.6. The first-order valence-corrected chi connectivity index (χ1v) is 17.5. The van der Waals surface area contributed by atoms with E-state index in [0.717, 1.165) is 47.4 Å². The van der Waals surface area contributed by atoms with E-state index in [1.54, 1.807) is 72.8 Å². The number of carbonyl (C=O) groups excluding carboxylic acids is 4. The second-order valence-corrected chi connectivity index (χ2v) is 13.2. The highest BCUT2D eigenvalue weighted by Crippen LogP contribution is 2.38. The second kappa shape index (κ2) is 16.8. The molecular weight excluding hydrogens is 663 g/mol. The molecule has 4 aromatic rings. The number of aryl methyl sites for hydroxylation is 1. The number of rotatable bonds is 12. The summed E-state index contributed by atoms with van der Waals surface area (Å²) in [5.74, 6) is -0.624. The minimum Gasteiger partial charge on any atom is -0.493 e. The molecule has 3 amide bonds. The number of fused-ring (bicyclic) bond motifs is 1. The monoisotopic (exact) mass is 699 g/mol. The maximum atomic E-state index is 13.6. The Kier molecular flexibility index (Phi) is 12.1. The molecule has 0 saturated carbocycles. The zero-order chi connectivity index (χ0) is 34.8. The number of benzene rings is 3. The number of thioether (sulfide) groups is 1. The molecule has 3 N–H and O–H groups in total. The average Bonchev–Trinajstić information content (AvgIpc) is 3.29. The molecule has 1 aromatic heterocycles. The first kappa shape index (κ1) is 35.2. The van der Waals surface area contributed by atoms with Crippen molar-refractivity contribution >= 4 is 63.6 Å². The minimum atomic E-state index is -0.549. The molecule has 1 aliphatic rings. The number of esters is 1. The fourth-order valence-electron chi connectivity index (χ4n) is 5.37. The Morgan fingerprint density at radius 1 is 0.837 bits per heavy atom. The summed E-state index contributed by atoms with van der Waals surface area (Å²) >= 11 is 2.74. The SMILES string of the molecule is COC(=O)c1c(NC(=O)CSc2cccc(NC(=O)/C(=C\c3ccc(OC)c(OC)c3)NC(=O)c3ccccc3)c2)sc2c1CCCCC2. The van der Waals surface area contributed by atoms with E-state index in [-0.39, 0.29) is 17.4 Å². The van der Waals surface area contributed by atoms with Gasteiger partial charge in [0.25, 0.3) is 11.8 Å². The predicted octanol–water partition coefficient (Wildman–Crippen LogP) is 6.96. The fourth-order valence-corrected chi connectivity index (χ4v) is 7.42.